The minimum Gasteiger partial charge on any atom is -0.508 e. The molecule has 0 unspecified atom stereocenters. The number of phenolic OH excluding ortho intramolecular Hbond substituents is 1. The summed E-state index contributed by atoms with van der Waals surface area (Å²) in [7, 11) is 0. The third kappa shape index (κ3) is 2.37. The Bertz CT molecular complexity index is 488. The van der Waals surface area contributed by atoms with Crippen molar-refractivity contribution in [3.05, 3.63) is 47.2 Å². The number of benzene rings is 1. The Labute approximate surface area is 94.9 Å². The molecule has 0 radical (unpaired) electrons. The Kier molecular flexibility index (Phi) is 2.86. The number of hydrogen-bond donors (Lipinski definition) is 3. The lowest BCUT2D eigenvalue weighted by Gasteiger charge is -2.04. The van der Waals surface area contributed by atoms with E-state index in [2.05, 4.69) is 4.98 Å². The van der Waals surface area contributed by atoms with Crippen LogP contribution in [0.2, 0.25) is 0 Å². The van der Waals surface area contributed by atoms with Crippen LogP contribution < -0.4 is 5.73 Å². The van der Waals surface area contributed by atoms with E-state index in [0.29, 0.717) is 11.6 Å². The van der Waals surface area contributed by atoms with Gasteiger partial charge in [0.15, 0.2) is 0 Å². The maximum atomic E-state index is 9.74. The van der Waals surface area contributed by atoms with Gasteiger partial charge in [-0.25, -0.2) is 0 Å². The van der Waals surface area contributed by atoms with Crippen LogP contribution in [-0.2, 0) is 12.8 Å². The number of phenols is 1. The molecule has 84 valence electrons. The van der Waals surface area contributed by atoms with Gasteiger partial charge in [-0.2, -0.15) is 0 Å². The zero-order valence-electron chi connectivity index (χ0n) is 9.33. The molecule has 1 aromatic heterocycles. The van der Waals surface area contributed by atoms with Crippen molar-refractivity contribution in [2.75, 3.05) is 5.73 Å². The Hall–Kier alpha value is -1.90. The average Bonchev–Trinajstić information content (AvgIpc) is 2.63. The molecule has 0 aliphatic carbocycles. The van der Waals surface area contributed by atoms with Gasteiger partial charge in [-0.1, -0.05) is 12.1 Å². The first kappa shape index (κ1) is 10.6. The second-order valence-corrected chi connectivity index (χ2v) is 4.10. The number of nitrogens with one attached hydrogen (secondary N) is 1. The van der Waals surface area contributed by atoms with Crippen molar-refractivity contribution in [2.45, 2.75) is 19.8 Å². The molecule has 16 heavy (non-hydrogen) atoms. The Morgan fingerprint density at radius 3 is 2.69 bits per heavy atom. The predicted octanol–water partition coefficient (Wildman–Crippen LogP) is 2.40. The van der Waals surface area contributed by atoms with E-state index >= 15 is 0 Å². The molecule has 2 rings (SSSR count). The van der Waals surface area contributed by atoms with E-state index < -0.39 is 0 Å². The van der Waals surface area contributed by atoms with Crippen LogP contribution in [0.15, 0.2) is 30.5 Å². The Morgan fingerprint density at radius 1 is 1.25 bits per heavy atom. The first-order chi connectivity index (χ1) is 7.65. The van der Waals surface area contributed by atoms with E-state index in [9.17, 15) is 5.11 Å². The molecule has 0 atom stereocenters. The number of anilines is 1. The minimum atomic E-state index is 0.378. The molecule has 1 aromatic carbocycles. The Morgan fingerprint density at radius 2 is 2.06 bits per heavy atom. The van der Waals surface area contributed by atoms with Crippen molar-refractivity contribution >= 4 is 5.82 Å². The molecule has 0 spiro atoms. The van der Waals surface area contributed by atoms with Crippen LogP contribution in [0.3, 0.4) is 0 Å². The summed E-state index contributed by atoms with van der Waals surface area (Å²) in [5.74, 6) is 1.06. The quantitative estimate of drug-likeness (QED) is 0.737. The molecular weight excluding hydrogens is 200 g/mol. The SMILES string of the molecule is Cc1ccc(CCc2c[nH]c(N)c2)c(O)c1. The topological polar surface area (TPSA) is 62.0 Å². The fourth-order valence-electron chi connectivity index (χ4n) is 1.77. The van der Waals surface area contributed by atoms with E-state index in [1.165, 1.54) is 0 Å². The average molecular weight is 216 g/mol. The van der Waals surface area contributed by atoms with Gasteiger partial charge in [0.25, 0.3) is 0 Å². The van der Waals surface area contributed by atoms with Crippen molar-refractivity contribution in [1.82, 2.24) is 4.98 Å². The summed E-state index contributed by atoms with van der Waals surface area (Å²) in [6.07, 6.45) is 3.61. The zero-order chi connectivity index (χ0) is 11.5. The van der Waals surface area contributed by atoms with Crippen molar-refractivity contribution in [2.24, 2.45) is 0 Å². The van der Waals surface area contributed by atoms with Crippen LogP contribution in [0.4, 0.5) is 5.82 Å². The molecule has 0 fully saturated rings. The number of aromatic amines is 1. The molecule has 3 nitrogen and oxygen atoms in total. The molecule has 0 saturated carbocycles. The standard InChI is InChI=1S/C13H16N2O/c1-9-2-4-11(12(16)6-9)5-3-10-7-13(14)15-8-10/h2,4,6-8,15-16H,3,5,14H2,1H3. The van der Waals surface area contributed by atoms with Gasteiger partial charge in [-0.15, -0.1) is 0 Å². The highest BCUT2D eigenvalue weighted by atomic mass is 16.3. The van der Waals surface area contributed by atoms with E-state index in [-0.39, 0.29) is 0 Å². The number of rotatable bonds is 3. The maximum absolute atomic E-state index is 9.74. The second kappa shape index (κ2) is 4.31. The van der Waals surface area contributed by atoms with Crippen molar-refractivity contribution in [1.29, 1.82) is 0 Å². The molecule has 0 bridgehead atoms. The van der Waals surface area contributed by atoms with Gasteiger partial charge >= 0.3 is 0 Å². The lowest BCUT2D eigenvalue weighted by atomic mass is 10.0. The fraction of sp³-hybridized carbons (Fsp3) is 0.231. The highest BCUT2D eigenvalue weighted by Crippen LogP contribution is 2.20. The van der Waals surface area contributed by atoms with Gasteiger partial charge in [-0.05, 0) is 48.6 Å². The third-order valence-corrected chi connectivity index (χ3v) is 2.69. The summed E-state index contributed by atoms with van der Waals surface area (Å²) in [6.45, 7) is 1.97. The molecule has 4 N–H and O–H groups in total. The molecule has 0 aliphatic rings. The number of H-pyrrole nitrogens is 1. The molecule has 0 amide bonds. The first-order valence-corrected chi connectivity index (χ1v) is 5.36. The minimum absolute atomic E-state index is 0.378. The summed E-state index contributed by atoms with van der Waals surface area (Å²) in [6, 6.07) is 7.70. The molecule has 0 saturated heterocycles. The summed E-state index contributed by atoms with van der Waals surface area (Å²) in [5, 5.41) is 9.74. The second-order valence-electron chi connectivity index (χ2n) is 4.10. The number of aromatic hydroxyl groups is 1. The molecule has 1 heterocycles. The lowest BCUT2D eigenvalue weighted by Crippen LogP contribution is -1.91. The Balaban J connectivity index is 2.04. The van der Waals surface area contributed by atoms with Crippen LogP contribution in [0, 0.1) is 6.92 Å². The van der Waals surface area contributed by atoms with E-state index in [0.717, 1.165) is 29.5 Å². The van der Waals surface area contributed by atoms with E-state index in [1.54, 1.807) is 6.07 Å². The molecular formula is C13H16N2O. The first-order valence-electron chi connectivity index (χ1n) is 5.36. The van der Waals surface area contributed by atoms with Crippen molar-refractivity contribution in [3.8, 4) is 5.75 Å². The molecule has 0 aliphatic heterocycles. The van der Waals surface area contributed by atoms with E-state index in [4.69, 9.17) is 5.73 Å². The van der Waals surface area contributed by atoms with Crippen LogP contribution in [0.1, 0.15) is 16.7 Å². The highest BCUT2D eigenvalue weighted by molar-refractivity contribution is 5.38. The summed E-state index contributed by atoms with van der Waals surface area (Å²) in [5.41, 5.74) is 8.81. The van der Waals surface area contributed by atoms with Crippen LogP contribution >= 0.6 is 0 Å². The van der Waals surface area contributed by atoms with Gasteiger partial charge in [0.1, 0.15) is 11.6 Å². The van der Waals surface area contributed by atoms with Gasteiger partial charge in [-0.3, -0.25) is 0 Å². The van der Waals surface area contributed by atoms with Crippen molar-refractivity contribution < 1.29 is 5.11 Å². The van der Waals surface area contributed by atoms with E-state index in [1.807, 2.05) is 31.3 Å². The predicted molar refractivity (Wildman–Crippen MR) is 65.5 cm³/mol. The number of nitrogens with two attached hydrogens (primary N) is 1. The summed E-state index contributed by atoms with van der Waals surface area (Å²) >= 11 is 0. The summed E-state index contributed by atoms with van der Waals surface area (Å²) < 4.78 is 0. The van der Waals surface area contributed by atoms with Gasteiger partial charge in [0.05, 0.1) is 0 Å². The van der Waals surface area contributed by atoms with Crippen LogP contribution in [0.5, 0.6) is 5.75 Å². The third-order valence-electron chi connectivity index (χ3n) is 2.69. The molecule has 2 aromatic rings. The van der Waals surface area contributed by atoms with Crippen LogP contribution in [0.25, 0.3) is 0 Å². The number of nitrogen functional groups attached to an aromatic ring is 1. The summed E-state index contributed by atoms with van der Waals surface area (Å²) in [4.78, 5) is 2.94. The zero-order valence-corrected chi connectivity index (χ0v) is 9.33. The lowest BCUT2D eigenvalue weighted by molar-refractivity contribution is 0.467. The number of aryl methyl sites for hydroxylation is 3. The monoisotopic (exact) mass is 216 g/mol. The van der Waals surface area contributed by atoms with Gasteiger partial charge in [0.2, 0.25) is 0 Å². The highest BCUT2D eigenvalue weighted by Gasteiger charge is 2.02. The fourth-order valence-corrected chi connectivity index (χ4v) is 1.77. The smallest absolute Gasteiger partial charge is 0.119 e. The van der Waals surface area contributed by atoms with Gasteiger partial charge in [0, 0.05) is 6.20 Å². The van der Waals surface area contributed by atoms with Gasteiger partial charge < -0.3 is 15.8 Å². The maximum Gasteiger partial charge on any atom is 0.119 e. The normalized spacial score (nSPS) is 10.6. The number of aromatic nitrogens is 1. The van der Waals surface area contributed by atoms with Crippen LogP contribution in [-0.4, -0.2) is 10.1 Å². The molecule has 3 heteroatoms. The van der Waals surface area contributed by atoms with Crippen molar-refractivity contribution in [3.63, 3.8) is 0 Å². The largest absolute Gasteiger partial charge is 0.508 e. The number of hydrogen-bond acceptors (Lipinski definition) is 2.